The molecule has 0 aliphatic heterocycles. The quantitative estimate of drug-likeness (QED) is 0.168. The summed E-state index contributed by atoms with van der Waals surface area (Å²) in [6.07, 6.45) is 3.57. The van der Waals surface area contributed by atoms with Crippen molar-refractivity contribution in [2.45, 2.75) is 19.3 Å². The molecular weight excluding hydrogens is 703 g/mol. The Kier molecular flexibility index (Phi) is 6.98. The van der Waals surface area contributed by atoms with E-state index < -0.39 is 0 Å². The minimum absolute atomic E-state index is 0.160. The summed E-state index contributed by atoms with van der Waals surface area (Å²) >= 11 is 0. The van der Waals surface area contributed by atoms with Crippen molar-refractivity contribution >= 4 is 54.4 Å². The molecule has 2 heterocycles. The predicted octanol–water partition coefficient (Wildman–Crippen LogP) is 14.3. The van der Waals surface area contributed by atoms with Crippen LogP contribution in [0.15, 0.2) is 188 Å². The number of aromatic nitrogens is 3. The smallest absolute Gasteiger partial charge is 0.0971 e. The van der Waals surface area contributed by atoms with E-state index in [9.17, 15) is 0 Å². The molecule has 3 nitrogen and oxygen atoms in total. The van der Waals surface area contributed by atoms with Gasteiger partial charge in [0, 0.05) is 45.0 Å². The minimum Gasteiger partial charge on any atom is -0.309 e. The summed E-state index contributed by atoms with van der Waals surface area (Å²) in [5.41, 5.74) is 18.1. The first-order valence-corrected chi connectivity index (χ1v) is 20.1. The van der Waals surface area contributed by atoms with Crippen LogP contribution >= 0.6 is 0 Å². The zero-order chi connectivity index (χ0) is 38.5. The average molecular weight is 740 g/mol. The number of fused-ring (bicyclic) bond motifs is 12. The van der Waals surface area contributed by atoms with Gasteiger partial charge in [-0.2, -0.15) is 0 Å². The second-order valence-corrected chi connectivity index (χ2v) is 16.2. The van der Waals surface area contributed by atoms with E-state index in [2.05, 4.69) is 194 Å². The van der Waals surface area contributed by atoms with Crippen LogP contribution in [0.2, 0.25) is 0 Å². The van der Waals surface area contributed by atoms with Crippen LogP contribution in [0, 0.1) is 0 Å². The van der Waals surface area contributed by atoms with Crippen molar-refractivity contribution in [1.82, 2.24) is 14.5 Å². The standard InChI is InChI=1S/C55H37N3/c1-55(2)49-32-38(35-12-10-11-34(29-35)36-21-25-46-47(30-36)41-15-6-7-17-45(41)53-54(46)57-28-27-56-53)19-23-42(49)43-24-20-39(33-50(43)55)37-22-26-52-48(31-37)44-16-8-9-18-51(44)58(52)40-13-4-3-5-14-40/h3-33H,1-2H3. The van der Waals surface area contributed by atoms with Crippen molar-refractivity contribution in [3.63, 3.8) is 0 Å². The molecule has 0 unspecified atom stereocenters. The van der Waals surface area contributed by atoms with Crippen LogP contribution in [0.5, 0.6) is 0 Å². The van der Waals surface area contributed by atoms with E-state index in [-0.39, 0.29) is 5.41 Å². The molecule has 3 heteroatoms. The lowest BCUT2D eigenvalue weighted by molar-refractivity contribution is 0.661. The van der Waals surface area contributed by atoms with Gasteiger partial charge in [-0.1, -0.05) is 135 Å². The lowest BCUT2D eigenvalue weighted by atomic mass is 9.80. The Morgan fingerprint density at radius 2 is 0.862 bits per heavy atom. The Morgan fingerprint density at radius 3 is 1.55 bits per heavy atom. The monoisotopic (exact) mass is 739 g/mol. The van der Waals surface area contributed by atoms with Gasteiger partial charge in [0.15, 0.2) is 0 Å². The number of hydrogen-bond acceptors (Lipinski definition) is 2. The van der Waals surface area contributed by atoms with E-state index in [4.69, 9.17) is 9.97 Å². The normalized spacial score (nSPS) is 13.1. The van der Waals surface area contributed by atoms with Gasteiger partial charge >= 0.3 is 0 Å². The highest BCUT2D eigenvalue weighted by atomic mass is 15.0. The molecule has 0 amide bonds. The second kappa shape index (κ2) is 12.3. The zero-order valence-corrected chi connectivity index (χ0v) is 32.2. The lowest BCUT2D eigenvalue weighted by Crippen LogP contribution is -2.15. The third-order valence-electron chi connectivity index (χ3n) is 12.7. The molecule has 0 bridgehead atoms. The van der Waals surface area contributed by atoms with Crippen LogP contribution in [0.1, 0.15) is 25.0 Å². The maximum absolute atomic E-state index is 4.76. The second-order valence-electron chi connectivity index (χ2n) is 16.2. The number of nitrogens with zero attached hydrogens (tertiary/aromatic N) is 3. The molecule has 0 saturated carbocycles. The fourth-order valence-corrected chi connectivity index (χ4v) is 9.79. The molecule has 2 aromatic heterocycles. The highest BCUT2D eigenvalue weighted by Gasteiger charge is 2.36. The third kappa shape index (κ3) is 4.80. The summed E-state index contributed by atoms with van der Waals surface area (Å²) in [5.74, 6) is 0. The molecule has 1 aliphatic rings. The minimum atomic E-state index is -0.160. The zero-order valence-electron chi connectivity index (χ0n) is 32.2. The summed E-state index contributed by atoms with van der Waals surface area (Å²) in [7, 11) is 0. The molecule has 1 aliphatic carbocycles. The Morgan fingerprint density at radius 1 is 0.362 bits per heavy atom. The Bertz CT molecular complexity index is 3450. The first kappa shape index (κ1) is 32.8. The Labute approximate surface area is 336 Å². The van der Waals surface area contributed by atoms with Gasteiger partial charge in [0.25, 0.3) is 0 Å². The van der Waals surface area contributed by atoms with Gasteiger partial charge in [-0.05, 0) is 121 Å². The topological polar surface area (TPSA) is 30.7 Å². The van der Waals surface area contributed by atoms with Gasteiger partial charge in [0.05, 0.1) is 22.1 Å². The molecule has 11 aromatic rings. The fraction of sp³-hybridized carbons (Fsp3) is 0.0545. The molecule has 0 N–H and O–H groups in total. The van der Waals surface area contributed by atoms with E-state index >= 15 is 0 Å². The number of para-hydroxylation sites is 2. The van der Waals surface area contributed by atoms with Gasteiger partial charge in [-0.25, -0.2) is 0 Å². The molecule has 0 saturated heterocycles. The fourth-order valence-electron chi connectivity index (χ4n) is 9.79. The van der Waals surface area contributed by atoms with Crippen LogP contribution in [-0.4, -0.2) is 14.5 Å². The van der Waals surface area contributed by atoms with Crippen LogP contribution < -0.4 is 0 Å². The van der Waals surface area contributed by atoms with E-state index in [0.29, 0.717) is 0 Å². The maximum atomic E-state index is 4.76. The molecule has 58 heavy (non-hydrogen) atoms. The highest BCUT2D eigenvalue weighted by Crippen LogP contribution is 2.51. The van der Waals surface area contributed by atoms with Gasteiger partial charge < -0.3 is 4.57 Å². The van der Waals surface area contributed by atoms with Crippen molar-refractivity contribution in [3.8, 4) is 50.2 Å². The van der Waals surface area contributed by atoms with Crippen LogP contribution in [0.4, 0.5) is 0 Å². The summed E-state index contributed by atoms with van der Waals surface area (Å²) in [6, 6.07) is 64.8. The predicted molar refractivity (Wildman–Crippen MR) is 243 cm³/mol. The van der Waals surface area contributed by atoms with Gasteiger partial charge in [-0.3, -0.25) is 9.97 Å². The Balaban J connectivity index is 0.912. The largest absolute Gasteiger partial charge is 0.309 e. The number of hydrogen-bond donors (Lipinski definition) is 0. The molecule has 9 aromatic carbocycles. The molecule has 0 fully saturated rings. The van der Waals surface area contributed by atoms with Gasteiger partial charge in [0.2, 0.25) is 0 Å². The van der Waals surface area contributed by atoms with Gasteiger partial charge in [0.1, 0.15) is 0 Å². The van der Waals surface area contributed by atoms with Crippen molar-refractivity contribution in [3.05, 3.63) is 199 Å². The van der Waals surface area contributed by atoms with E-state index in [1.54, 1.807) is 12.4 Å². The average Bonchev–Trinajstić information content (AvgIpc) is 3.74. The summed E-state index contributed by atoms with van der Waals surface area (Å²) in [6.45, 7) is 4.76. The number of rotatable bonds is 4. The molecule has 0 radical (unpaired) electrons. The van der Waals surface area contributed by atoms with Crippen LogP contribution in [0.3, 0.4) is 0 Å². The third-order valence-corrected chi connectivity index (χ3v) is 12.7. The first-order valence-electron chi connectivity index (χ1n) is 20.1. The summed E-state index contributed by atoms with van der Waals surface area (Å²) in [4.78, 5) is 9.48. The number of benzene rings is 9. The van der Waals surface area contributed by atoms with E-state index in [1.165, 1.54) is 93.9 Å². The van der Waals surface area contributed by atoms with Gasteiger partial charge in [-0.15, -0.1) is 0 Å². The summed E-state index contributed by atoms with van der Waals surface area (Å²) < 4.78 is 2.38. The van der Waals surface area contributed by atoms with Crippen molar-refractivity contribution in [1.29, 1.82) is 0 Å². The van der Waals surface area contributed by atoms with Crippen molar-refractivity contribution in [2.75, 3.05) is 0 Å². The molecule has 12 rings (SSSR count). The summed E-state index contributed by atoms with van der Waals surface area (Å²) in [5, 5.41) is 7.19. The molecule has 0 atom stereocenters. The molecule has 0 spiro atoms. The molecular formula is C55H37N3. The lowest BCUT2D eigenvalue weighted by Gasteiger charge is -2.23. The van der Waals surface area contributed by atoms with Crippen LogP contribution in [0.25, 0.3) is 105 Å². The first-order chi connectivity index (χ1) is 28.5. The van der Waals surface area contributed by atoms with Crippen molar-refractivity contribution in [2.24, 2.45) is 0 Å². The Hall–Kier alpha value is -7.36. The maximum Gasteiger partial charge on any atom is 0.0971 e. The van der Waals surface area contributed by atoms with E-state index in [0.717, 1.165) is 21.8 Å². The van der Waals surface area contributed by atoms with Crippen LogP contribution in [-0.2, 0) is 5.41 Å². The molecule has 272 valence electrons. The highest BCUT2D eigenvalue weighted by molar-refractivity contribution is 6.23. The SMILES string of the molecule is CC1(C)c2cc(-c3cccc(-c4ccc5c(c4)c4ccccc4c4nccnc54)c3)ccc2-c2ccc(-c3ccc4c(c3)c3ccccc3n4-c3ccccc3)cc21. The van der Waals surface area contributed by atoms with Crippen molar-refractivity contribution < 1.29 is 0 Å². The van der Waals surface area contributed by atoms with E-state index in [1.807, 2.05) is 0 Å².